The summed E-state index contributed by atoms with van der Waals surface area (Å²) in [6.45, 7) is 5.99. The van der Waals surface area contributed by atoms with Gasteiger partial charge in [0.15, 0.2) is 0 Å². The second-order valence-electron chi connectivity index (χ2n) is 7.43. The monoisotopic (exact) mass is 417 g/mol. The first kappa shape index (κ1) is 19.9. The predicted octanol–water partition coefficient (Wildman–Crippen LogP) is 1.90. The molecule has 8 nitrogen and oxygen atoms in total. The number of aryl methyl sites for hydroxylation is 1. The van der Waals surface area contributed by atoms with Crippen molar-refractivity contribution in [3.8, 4) is 5.75 Å². The van der Waals surface area contributed by atoms with Gasteiger partial charge in [-0.3, -0.25) is 0 Å². The molecule has 1 aromatic heterocycles. The summed E-state index contributed by atoms with van der Waals surface area (Å²) in [5, 5.41) is 0. The Morgan fingerprint density at radius 2 is 1.55 bits per heavy atom. The molecule has 0 unspecified atom stereocenters. The molecule has 2 aromatic rings. The van der Waals surface area contributed by atoms with Crippen molar-refractivity contribution in [2.75, 3.05) is 56.2 Å². The van der Waals surface area contributed by atoms with E-state index >= 15 is 0 Å². The zero-order chi connectivity index (χ0) is 20.4. The lowest BCUT2D eigenvalue weighted by Gasteiger charge is -2.34. The second-order valence-corrected chi connectivity index (χ2v) is 9.37. The van der Waals surface area contributed by atoms with Gasteiger partial charge in [0.05, 0.1) is 12.0 Å². The lowest BCUT2D eigenvalue weighted by atomic mass is 10.3. The molecular weight excluding hydrogens is 390 g/mol. The van der Waals surface area contributed by atoms with E-state index in [1.165, 1.54) is 17.1 Å². The molecule has 0 saturated carbocycles. The van der Waals surface area contributed by atoms with E-state index < -0.39 is 10.0 Å². The molecule has 1 aromatic carbocycles. The van der Waals surface area contributed by atoms with E-state index in [9.17, 15) is 8.42 Å². The molecule has 2 aliphatic heterocycles. The lowest BCUT2D eigenvalue weighted by molar-refractivity contribution is 0.382. The minimum Gasteiger partial charge on any atom is -0.497 e. The maximum absolute atomic E-state index is 12.9. The molecular formula is C20H27N5O3S. The Kier molecular flexibility index (Phi) is 5.60. The quantitative estimate of drug-likeness (QED) is 0.735. The SMILES string of the molecule is COc1ccc(S(=O)(=O)N2CCN(c3nc(C)cc(N4CCCC4)n3)CC2)cc1. The standard InChI is InChI=1S/C20H27N5O3S/c1-16-15-19(23-9-3-4-10-23)22-20(21-16)24-11-13-25(14-12-24)29(26,27)18-7-5-17(28-2)6-8-18/h5-8,15H,3-4,9-14H2,1-2H3. The fraction of sp³-hybridized carbons (Fsp3) is 0.500. The van der Waals surface area contributed by atoms with Crippen molar-refractivity contribution in [2.45, 2.75) is 24.7 Å². The number of rotatable bonds is 5. The van der Waals surface area contributed by atoms with Crippen molar-refractivity contribution in [3.05, 3.63) is 36.0 Å². The molecule has 0 radical (unpaired) electrons. The molecule has 29 heavy (non-hydrogen) atoms. The molecule has 156 valence electrons. The highest BCUT2D eigenvalue weighted by Crippen LogP contribution is 2.24. The van der Waals surface area contributed by atoms with Crippen LogP contribution in [0.3, 0.4) is 0 Å². The molecule has 2 saturated heterocycles. The summed E-state index contributed by atoms with van der Waals surface area (Å²) >= 11 is 0. The first-order chi connectivity index (χ1) is 14.0. The highest BCUT2D eigenvalue weighted by Gasteiger charge is 2.29. The number of piperazine rings is 1. The van der Waals surface area contributed by atoms with Crippen LogP contribution in [0.2, 0.25) is 0 Å². The molecule has 2 aliphatic rings. The fourth-order valence-corrected chi connectivity index (χ4v) is 5.23. The van der Waals surface area contributed by atoms with Gasteiger partial charge in [-0.1, -0.05) is 0 Å². The van der Waals surface area contributed by atoms with E-state index in [0.29, 0.717) is 37.9 Å². The number of anilines is 2. The minimum absolute atomic E-state index is 0.287. The van der Waals surface area contributed by atoms with Crippen LogP contribution in [0.15, 0.2) is 35.2 Å². The van der Waals surface area contributed by atoms with E-state index in [4.69, 9.17) is 9.72 Å². The number of ether oxygens (including phenoxy) is 1. The van der Waals surface area contributed by atoms with Crippen molar-refractivity contribution >= 4 is 21.8 Å². The van der Waals surface area contributed by atoms with E-state index in [2.05, 4.69) is 14.8 Å². The molecule has 4 rings (SSSR count). The van der Waals surface area contributed by atoms with Crippen LogP contribution in [0.4, 0.5) is 11.8 Å². The molecule has 0 spiro atoms. The largest absolute Gasteiger partial charge is 0.497 e. The van der Waals surface area contributed by atoms with Gasteiger partial charge < -0.3 is 14.5 Å². The zero-order valence-corrected chi connectivity index (χ0v) is 17.7. The topological polar surface area (TPSA) is 78.9 Å². The smallest absolute Gasteiger partial charge is 0.243 e. The van der Waals surface area contributed by atoms with Crippen LogP contribution in [-0.4, -0.2) is 69.1 Å². The summed E-state index contributed by atoms with van der Waals surface area (Å²) in [6.07, 6.45) is 2.39. The normalized spacial score (nSPS) is 18.3. The maximum atomic E-state index is 12.9. The molecule has 0 atom stereocenters. The maximum Gasteiger partial charge on any atom is 0.243 e. The van der Waals surface area contributed by atoms with Gasteiger partial charge in [-0.25, -0.2) is 13.4 Å². The summed E-state index contributed by atoms with van der Waals surface area (Å²) in [6, 6.07) is 8.55. The third-order valence-corrected chi connectivity index (χ3v) is 7.39. The summed E-state index contributed by atoms with van der Waals surface area (Å²) in [5.74, 6) is 2.30. The van der Waals surface area contributed by atoms with Crippen molar-refractivity contribution in [1.82, 2.24) is 14.3 Å². The van der Waals surface area contributed by atoms with Crippen LogP contribution in [-0.2, 0) is 10.0 Å². The van der Waals surface area contributed by atoms with Gasteiger partial charge in [0.25, 0.3) is 0 Å². The van der Waals surface area contributed by atoms with E-state index in [1.54, 1.807) is 31.4 Å². The van der Waals surface area contributed by atoms with Crippen LogP contribution in [0.1, 0.15) is 18.5 Å². The van der Waals surface area contributed by atoms with Crippen molar-refractivity contribution in [2.24, 2.45) is 0 Å². The second kappa shape index (κ2) is 8.16. The van der Waals surface area contributed by atoms with Gasteiger partial charge in [0.2, 0.25) is 16.0 Å². The average Bonchev–Trinajstić information content (AvgIpc) is 3.28. The van der Waals surface area contributed by atoms with Crippen molar-refractivity contribution < 1.29 is 13.2 Å². The molecule has 2 fully saturated rings. The third kappa shape index (κ3) is 4.16. The first-order valence-corrected chi connectivity index (χ1v) is 11.4. The lowest BCUT2D eigenvalue weighted by Crippen LogP contribution is -2.49. The Hall–Kier alpha value is -2.39. The van der Waals surface area contributed by atoms with Gasteiger partial charge in [-0.2, -0.15) is 9.29 Å². The Bertz CT molecular complexity index is 951. The zero-order valence-electron chi connectivity index (χ0n) is 16.9. The van der Waals surface area contributed by atoms with Gasteiger partial charge in [-0.05, 0) is 44.0 Å². The molecule has 0 amide bonds. The summed E-state index contributed by atoms with van der Waals surface area (Å²) in [5.41, 5.74) is 0.935. The number of aromatic nitrogens is 2. The highest BCUT2D eigenvalue weighted by molar-refractivity contribution is 7.89. The molecule has 9 heteroatoms. The van der Waals surface area contributed by atoms with Gasteiger partial charge >= 0.3 is 0 Å². The van der Waals surface area contributed by atoms with Crippen LogP contribution in [0, 0.1) is 6.92 Å². The van der Waals surface area contributed by atoms with Gasteiger partial charge in [-0.15, -0.1) is 0 Å². The summed E-state index contributed by atoms with van der Waals surface area (Å²) in [4.78, 5) is 14.0. The van der Waals surface area contributed by atoms with E-state index in [1.807, 2.05) is 13.0 Å². The van der Waals surface area contributed by atoms with Crippen LogP contribution < -0.4 is 14.5 Å². The van der Waals surface area contributed by atoms with Crippen molar-refractivity contribution in [1.29, 1.82) is 0 Å². The first-order valence-electron chi connectivity index (χ1n) is 9.97. The number of hydrogen-bond acceptors (Lipinski definition) is 7. The molecule has 0 N–H and O–H groups in total. The number of methoxy groups -OCH3 is 1. The Labute approximate surface area is 172 Å². The van der Waals surface area contributed by atoms with Crippen LogP contribution >= 0.6 is 0 Å². The predicted molar refractivity (Wildman–Crippen MR) is 112 cm³/mol. The Morgan fingerprint density at radius 1 is 0.897 bits per heavy atom. The Balaban J connectivity index is 1.46. The summed E-state index contributed by atoms with van der Waals surface area (Å²) < 4.78 is 32.5. The average molecular weight is 418 g/mol. The van der Waals surface area contributed by atoms with E-state index in [0.717, 1.165) is 24.6 Å². The molecule has 0 aliphatic carbocycles. The third-order valence-electron chi connectivity index (χ3n) is 5.48. The van der Waals surface area contributed by atoms with Crippen LogP contribution in [0.25, 0.3) is 0 Å². The van der Waals surface area contributed by atoms with E-state index in [-0.39, 0.29) is 4.90 Å². The number of benzene rings is 1. The highest BCUT2D eigenvalue weighted by atomic mass is 32.2. The minimum atomic E-state index is -3.52. The molecule has 0 bridgehead atoms. The summed E-state index contributed by atoms with van der Waals surface area (Å²) in [7, 11) is -1.96. The van der Waals surface area contributed by atoms with Crippen molar-refractivity contribution in [3.63, 3.8) is 0 Å². The number of hydrogen-bond donors (Lipinski definition) is 0. The molecule has 3 heterocycles. The van der Waals surface area contributed by atoms with Crippen LogP contribution in [0.5, 0.6) is 5.75 Å². The van der Waals surface area contributed by atoms with Gasteiger partial charge in [0.1, 0.15) is 11.6 Å². The Morgan fingerprint density at radius 3 is 2.17 bits per heavy atom. The number of nitrogens with zero attached hydrogens (tertiary/aromatic N) is 5. The fourth-order valence-electron chi connectivity index (χ4n) is 3.81. The van der Waals surface area contributed by atoms with Gasteiger partial charge in [0, 0.05) is 51.0 Å². The number of sulfonamides is 1.